The number of nitrogens with zero attached hydrogens (tertiary/aromatic N) is 1. The zero-order valence-electron chi connectivity index (χ0n) is 12.5. The van der Waals surface area contributed by atoms with Crippen LogP contribution in [0.5, 0.6) is 5.75 Å². The minimum absolute atomic E-state index is 0.653. The third kappa shape index (κ3) is 10.0. The fourth-order valence-electron chi connectivity index (χ4n) is 1.62. The zero-order valence-corrected chi connectivity index (χ0v) is 14.9. The van der Waals surface area contributed by atoms with Gasteiger partial charge in [0.15, 0.2) is 0 Å². The van der Waals surface area contributed by atoms with Crippen molar-refractivity contribution in [2.45, 2.75) is 19.8 Å². The normalized spacial score (nSPS) is 10.6. The molecule has 0 aliphatic carbocycles. The van der Waals surface area contributed by atoms with E-state index in [2.05, 4.69) is 40.0 Å². The Morgan fingerprint density at radius 2 is 1.74 bits per heavy atom. The summed E-state index contributed by atoms with van der Waals surface area (Å²) in [5.41, 5.74) is 2.34. The van der Waals surface area contributed by atoms with Crippen LogP contribution in [0.2, 0.25) is 0 Å². The first-order valence-electron chi connectivity index (χ1n) is 6.80. The third-order valence-corrected chi connectivity index (χ3v) is 3.26. The first kappa shape index (κ1) is 19.6. The summed E-state index contributed by atoms with van der Waals surface area (Å²) in [6, 6.07) is 12.1. The van der Waals surface area contributed by atoms with Crippen LogP contribution in [-0.4, -0.2) is 29.1 Å². The molecule has 0 atom stereocenters. The average molecular weight is 404 g/mol. The van der Waals surface area contributed by atoms with E-state index in [-0.39, 0.29) is 0 Å². The van der Waals surface area contributed by atoms with Gasteiger partial charge in [-0.05, 0) is 42.3 Å². The Bertz CT molecular complexity index is 679. The molecule has 2 aromatic rings. The molecule has 2 N–H and O–H groups in total. The quantitative estimate of drug-likeness (QED) is 0.742. The second-order valence-electron chi connectivity index (χ2n) is 4.51. The van der Waals surface area contributed by atoms with Gasteiger partial charge < -0.3 is 4.74 Å². The lowest BCUT2D eigenvalue weighted by atomic mass is 10.2. The first-order valence-corrected chi connectivity index (χ1v) is 8.99. The van der Waals surface area contributed by atoms with Gasteiger partial charge in [0, 0.05) is 22.8 Å². The Hall–Kier alpha value is -1.48. The zero-order chi connectivity index (χ0) is 17.3. The highest BCUT2D eigenvalue weighted by Gasteiger charge is 1.97. The largest absolute Gasteiger partial charge is 0.493 e. The average Bonchev–Trinajstić information content (AvgIpc) is 2.48. The maximum Gasteiger partial charge on any atom is 0.394 e. The van der Waals surface area contributed by atoms with Gasteiger partial charge in [0.25, 0.3) is 0 Å². The summed E-state index contributed by atoms with van der Waals surface area (Å²) >= 11 is 3.40. The number of pyridine rings is 1. The SMILES string of the molecule is CCc1ccc(CCOc2ccc(Br)cc2)nc1.O=S(=O)(O)O. The van der Waals surface area contributed by atoms with Crippen molar-refractivity contribution in [2.75, 3.05) is 6.61 Å². The van der Waals surface area contributed by atoms with Crippen LogP contribution in [0.3, 0.4) is 0 Å². The molecule has 8 heteroatoms. The summed E-state index contributed by atoms with van der Waals surface area (Å²) in [6.07, 6.45) is 3.80. The molecule has 0 radical (unpaired) electrons. The smallest absolute Gasteiger partial charge is 0.394 e. The summed E-state index contributed by atoms with van der Waals surface area (Å²) in [7, 11) is -4.67. The van der Waals surface area contributed by atoms with Crippen molar-refractivity contribution in [3.8, 4) is 5.75 Å². The van der Waals surface area contributed by atoms with Crippen molar-refractivity contribution in [1.82, 2.24) is 4.98 Å². The molecule has 0 spiro atoms. The van der Waals surface area contributed by atoms with E-state index < -0.39 is 10.4 Å². The lowest BCUT2D eigenvalue weighted by Gasteiger charge is -2.06. The lowest BCUT2D eigenvalue weighted by molar-refractivity contribution is 0.320. The maximum absolute atomic E-state index is 8.74. The summed E-state index contributed by atoms with van der Waals surface area (Å²) in [4.78, 5) is 4.41. The molecular weight excluding hydrogens is 386 g/mol. The number of aryl methyl sites for hydroxylation is 1. The van der Waals surface area contributed by atoms with Crippen LogP contribution in [0.1, 0.15) is 18.2 Å². The van der Waals surface area contributed by atoms with Crippen LogP contribution in [0.25, 0.3) is 0 Å². The topological polar surface area (TPSA) is 96.7 Å². The number of hydrogen-bond acceptors (Lipinski definition) is 4. The summed E-state index contributed by atoms with van der Waals surface area (Å²) in [6.45, 7) is 2.79. The number of rotatable bonds is 5. The minimum Gasteiger partial charge on any atom is -0.493 e. The Morgan fingerprint density at radius 3 is 2.22 bits per heavy atom. The molecule has 0 bridgehead atoms. The molecule has 1 aromatic heterocycles. The first-order chi connectivity index (χ1) is 10.8. The van der Waals surface area contributed by atoms with E-state index in [4.69, 9.17) is 22.3 Å². The van der Waals surface area contributed by atoms with E-state index in [0.29, 0.717) is 6.61 Å². The van der Waals surface area contributed by atoms with Gasteiger partial charge >= 0.3 is 10.4 Å². The molecule has 1 heterocycles. The van der Waals surface area contributed by atoms with Gasteiger partial charge in [0.2, 0.25) is 0 Å². The molecule has 2 rings (SSSR count). The summed E-state index contributed by atoms with van der Waals surface area (Å²) in [5, 5.41) is 0. The molecule has 0 saturated carbocycles. The fraction of sp³-hybridized carbons (Fsp3) is 0.267. The van der Waals surface area contributed by atoms with Crippen LogP contribution in [0.4, 0.5) is 0 Å². The van der Waals surface area contributed by atoms with E-state index in [1.807, 2.05) is 30.5 Å². The van der Waals surface area contributed by atoms with Gasteiger partial charge in [0.1, 0.15) is 5.75 Å². The van der Waals surface area contributed by atoms with Crippen molar-refractivity contribution >= 4 is 26.3 Å². The molecule has 126 valence electrons. The van der Waals surface area contributed by atoms with E-state index in [1.165, 1.54) is 5.56 Å². The van der Waals surface area contributed by atoms with E-state index >= 15 is 0 Å². The Balaban J connectivity index is 0.000000463. The van der Waals surface area contributed by atoms with Gasteiger partial charge in [-0.25, -0.2) is 0 Å². The summed E-state index contributed by atoms with van der Waals surface area (Å²) in [5.74, 6) is 0.892. The molecule has 0 fully saturated rings. The highest BCUT2D eigenvalue weighted by atomic mass is 79.9. The number of benzene rings is 1. The highest BCUT2D eigenvalue weighted by Crippen LogP contribution is 2.16. The Morgan fingerprint density at radius 1 is 1.13 bits per heavy atom. The molecule has 23 heavy (non-hydrogen) atoms. The Labute approximate surface area is 144 Å². The second kappa shape index (κ2) is 9.61. The molecule has 6 nitrogen and oxygen atoms in total. The molecule has 0 unspecified atom stereocenters. The van der Waals surface area contributed by atoms with Crippen LogP contribution in [-0.2, 0) is 23.2 Å². The standard InChI is InChI=1S/C15H16BrNO.H2O4S/c1-2-12-3-6-14(17-11-12)9-10-18-15-7-4-13(16)5-8-15;1-5(2,3)4/h3-8,11H,2,9-10H2,1H3;(H2,1,2,3,4). The van der Waals surface area contributed by atoms with Crippen LogP contribution < -0.4 is 4.74 Å². The van der Waals surface area contributed by atoms with E-state index in [1.54, 1.807) is 0 Å². The Kier molecular flexibility index (Phi) is 8.18. The highest BCUT2D eigenvalue weighted by molar-refractivity contribution is 9.10. The van der Waals surface area contributed by atoms with Gasteiger partial charge in [-0.2, -0.15) is 8.42 Å². The predicted molar refractivity (Wildman–Crippen MR) is 91.1 cm³/mol. The number of hydrogen-bond donors (Lipinski definition) is 2. The number of aromatic nitrogens is 1. The van der Waals surface area contributed by atoms with Crippen molar-refractivity contribution in [3.63, 3.8) is 0 Å². The molecule has 0 amide bonds. The van der Waals surface area contributed by atoms with Crippen LogP contribution >= 0.6 is 15.9 Å². The van der Waals surface area contributed by atoms with E-state index in [0.717, 1.165) is 28.8 Å². The third-order valence-electron chi connectivity index (χ3n) is 2.73. The van der Waals surface area contributed by atoms with Gasteiger partial charge in [-0.1, -0.05) is 28.9 Å². The molecule has 0 saturated heterocycles. The molecule has 0 aliphatic heterocycles. The minimum atomic E-state index is -4.67. The van der Waals surface area contributed by atoms with Crippen molar-refractivity contribution in [3.05, 3.63) is 58.3 Å². The molecular formula is C15H18BrNO5S. The van der Waals surface area contributed by atoms with Gasteiger partial charge in [-0.15, -0.1) is 0 Å². The maximum atomic E-state index is 8.74. The van der Waals surface area contributed by atoms with Crippen molar-refractivity contribution in [1.29, 1.82) is 0 Å². The fourth-order valence-corrected chi connectivity index (χ4v) is 1.88. The van der Waals surface area contributed by atoms with Gasteiger partial charge in [-0.3, -0.25) is 14.1 Å². The number of ether oxygens (including phenoxy) is 1. The second-order valence-corrected chi connectivity index (χ2v) is 6.32. The van der Waals surface area contributed by atoms with Crippen LogP contribution in [0.15, 0.2) is 47.1 Å². The van der Waals surface area contributed by atoms with Crippen molar-refractivity contribution < 1.29 is 22.3 Å². The molecule has 1 aromatic carbocycles. The lowest BCUT2D eigenvalue weighted by Crippen LogP contribution is -2.03. The van der Waals surface area contributed by atoms with E-state index in [9.17, 15) is 0 Å². The van der Waals surface area contributed by atoms with Crippen LogP contribution in [0, 0.1) is 0 Å². The predicted octanol–water partition coefficient (Wildman–Crippen LogP) is 3.38. The number of halogens is 1. The summed E-state index contributed by atoms with van der Waals surface area (Å²) < 4.78 is 38.3. The van der Waals surface area contributed by atoms with Gasteiger partial charge in [0.05, 0.1) is 6.61 Å². The monoisotopic (exact) mass is 403 g/mol. The molecule has 0 aliphatic rings. The van der Waals surface area contributed by atoms with Crippen molar-refractivity contribution in [2.24, 2.45) is 0 Å².